The second-order valence-electron chi connectivity index (χ2n) is 1.62. The second kappa shape index (κ2) is 4.62. The lowest BCUT2D eigenvalue weighted by Crippen LogP contribution is -2.43. The van der Waals surface area contributed by atoms with Crippen molar-refractivity contribution >= 4 is 8.80 Å². The van der Waals surface area contributed by atoms with Crippen molar-refractivity contribution < 1.29 is 13.3 Å². The molecular weight excluding hydrogens is 148 g/mol. The largest absolute Gasteiger partial charge is 0.507 e. The third kappa shape index (κ3) is 2.22. The van der Waals surface area contributed by atoms with Crippen molar-refractivity contribution in [2.24, 2.45) is 0 Å². The van der Waals surface area contributed by atoms with Crippen LogP contribution in [-0.4, -0.2) is 30.1 Å². The minimum Gasteiger partial charge on any atom is -0.376 e. The summed E-state index contributed by atoms with van der Waals surface area (Å²) in [5.41, 5.74) is 0. The van der Waals surface area contributed by atoms with E-state index >= 15 is 0 Å². The van der Waals surface area contributed by atoms with Gasteiger partial charge in [-0.1, -0.05) is 6.08 Å². The van der Waals surface area contributed by atoms with E-state index in [9.17, 15) is 0 Å². The van der Waals surface area contributed by atoms with E-state index in [1.807, 2.05) is 0 Å². The zero-order valence-corrected chi connectivity index (χ0v) is 7.59. The van der Waals surface area contributed by atoms with Crippen molar-refractivity contribution in [1.29, 1.82) is 0 Å². The lowest BCUT2D eigenvalue weighted by atomic mass is 10.8. The molecule has 0 saturated heterocycles. The molecule has 0 aromatic carbocycles. The monoisotopic (exact) mass is 161 g/mol. The van der Waals surface area contributed by atoms with Crippen molar-refractivity contribution in [1.82, 2.24) is 0 Å². The third-order valence-corrected chi connectivity index (χ3v) is 3.53. The van der Waals surface area contributed by atoms with E-state index in [1.165, 1.54) is 0 Å². The van der Waals surface area contributed by atoms with E-state index in [1.54, 1.807) is 33.4 Å². The summed E-state index contributed by atoms with van der Waals surface area (Å²) in [7, 11) is 2.20. The maximum absolute atomic E-state index is 5.04. The van der Waals surface area contributed by atoms with Gasteiger partial charge in [0.05, 0.1) is 6.04 Å². The molecule has 0 aliphatic carbocycles. The minimum absolute atomic E-state index is 1.55. The molecule has 0 unspecified atom stereocenters. The van der Waals surface area contributed by atoms with E-state index in [4.69, 9.17) is 13.3 Å². The predicted octanol–water partition coefficient (Wildman–Crippen LogP) is 0.794. The standard InChI is InChI=1S/C6H13O3Si/c1-5-6-10(7-2,8-3)9-4/h5-6H,1H2,2-4H3. The van der Waals surface area contributed by atoms with Gasteiger partial charge in [-0.3, -0.25) is 0 Å². The molecular formula is C6H13O3Si. The summed E-state index contributed by atoms with van der Waals surface area (Å²) in [4.78, 5) is 0. The average molecular weight is 161 g/mol. The highest BCUT2D eigenvalue weighted by Gasteiger charge is 2.36. The molecule has 0 fully saturated rings. The highest BCUT2D eigenvalue weighted by molar-refractivity contribution is 6.65. The van der Waals surface area contributed by atoms with E-state index < -0.39 is 8.80 Å². The van der Waals surface area contributed by atoms with Gasteiger partial charge in [0.1, 0.15) is 0 Å². The van der Waals surface area contributed by atoms with Crippen LogP contribution in [0.15, 0.2) is 12.7 Å². The second-order valence-corrected chi connectivity index (χ2v) is 4.38. The lowest BCUT2D eigenvalue weighted by Gasteiger charge is -2.22. The fourth-order valence-corrected chi connectivity index (χ4v) is 1.80. The molecule has 4 heteroatoms. The SMILES string of the molecule is C=C[CH][Si](OC)(OC)OC. The van der Waals surface area contributed by atoms with Crippen LogP contribution in [0, 0.1) is 6.04 Å². The quantitative estimate of drug-likeness (QED) is 0.558. The Morgan fingerprint density at radius 1 is 1.10 bits per heavy atom. The molecule has 0 bridgehead atoms. The van der Waals surface area contributed by atoms with E-state index in [-0.39, 0.29) is 0 Å². The first-order valence-corrected chi connectivity index (χ1v) is 4.67. The summed E-state index contributed by atoms with van der Waals surface area (Å²) >= 11 is 0. The van der Waals surface area contributed by atoms with Gasteiger partial charge >= 0.3 is 8.80 Å². The zero-order chi connectivity index (χ0) is 8.04. The van der Waals surface area contributed by atoms with Crippen LogP contribution in [0.1, 0.15) is 0 Å². The molecule has 0 N–H and O–H groups in total. The number of allylic oxidation sites excluding steroid dienone is 1. The first-order valence-electron chi connectivity index (χ1n) is 2.87. The van der Waals surface area contributed by atoms with Crippen LogP contribution in [0.5, 0.6) is 0 Å². The van der Waals surface area contributed by atoms with Gasteiger partial charge in [-0.25, -0.2) is 0 Å². The molecule has 0 spiro atoms. The van der Waals surface area contributed by atoms with Gasteiger partial charge in [-0.05, 0) is 0 Å². The highest BCUT2D eigenvalue weighted by Crippen LogP contribution is 2.09. The number of rotatable bonds is 5. The van der Waals surface area contributed by atoms with E-state index in [0.717, 1.165) is 0 Å². The minimum atomic E-state index is -2.46. The van der Waals surface area contributed by atoms with Crippen LogP contribution in [0.25, 0.3) is 0 Å². The van der Waals surface area contributed by atoms with Crippen LogP contribution in [0.4, 0.5) is 0 Å². The predicted molar refractivity (Wildman–Crippen MR) is 41.3 cm³/mol. The van der Waals surface area contributed by atoms with Crippen LogP contribution < -0.4 is 0 Å². The molecule has 3 nitrogen and oxygen atoms in total. The van der Waals surface area contributed by atoms with Crippen molar-refractivity contribution in [3.8, 4) is 0 Å². The van der Waals surface area contributed by atoms with Crippen molar-refractivity contribution in [2.75, 3.05) is 21.3 Å². The molecule has 0 amide bonds. The molecule has 0 aromatic rings. The Balaban J connectivity index is 4.00. The maximum Gasteiger partial charge on any atom is 0.507 e. The maximum atomic E-state index is 5.04. The third-order valence-electron chi connectivity index (χ3n) is 1.18. The Bertz CT molecular complexity index is 92.9. The van der Waals surface area contributed by atoms with Crippen molar-refractivity contribution in [3.05, 3.63) is 18.7 Å². The van der Waals surface area contributed by atoms with Crippen LogP contribution in [0.2, 0.25) is 0 Å². The van der Waals surface area contributed by atoms with Gasteiger partial charge in [0.2, 0.25) is 0 Å². The van der Waals surface area contributed by atoms with E-state index in [2.05, 4.69) is 6.58 Å². The molecule has 0 heterocycles. The molecule has 0 aliphatic heterocycles. The normalized spacial score (nSPS) is 11.5. The van der Waals surface area contributed by atoms with Gasteiger partial charge in [-0.2, -0.15) is 0 Å². The average Bonchev–Trinajstić information content (AvgIpc) is 2.01. The number of hydrogen-bond donors (Lipinski definition) is 0. The van der Waals surface area contributed by atoms with Gasteiger partial charge in [-0.15, -0.1) is 6.58 Å². The van der Waals surface area contributed by atoms with Gasteiger partial charge in [0.15, 0.2) is 0 Å². The fraction of sp³-hybridized carbons (Fsp3) is 0.500. The summed E-state index contributed by atoms with van der Waals surface area (Å²) in [5, 5.41) is 0. The lowest BCUT2D eigenvalue weighted by molar-refractivity contribution is 0.134. The molecule has 0 aliphatic rings. The first kappa shape index (κ1) is 9.84. The molecule has 1 radical (unpaired) electrons. The Hall–Kier alpha value is -0.163. The zero-order valence-electron chi connectivity index (χ0n) is 6.59. The molecule has 0 saturated carbocycles. The summed E-state index contributed by atoms with van der Waals surface area (Å²) in [5.74, 6) is 0. The summed E-state index contributed by atoms with van der Waals surface area (Å²) in [6.45, 7) is 3.53. The fourth-order valence-electron chi connectivity index (χ4n) is 0.598. The first-order chi connectivity index (χ1) is 4.74. The van der Waals surface area contributed by atoms with Gasteiger partial charge in [0.25, 0.3) is 0 Å². The smallest absolute Gasteiger partial charge is 0.376 e. The molecule has 0 rings (SSSR count). The summed E-state index contributed by atoms with van der Waals surface area (Å²) < 4.78 is 15.1. The van der Waals surface area contributed by atoms with Gasteiger partial charge in [0, 0.05) is 21.3 Å². The number of hydrogen-bond acceptors (Lipinski definition) is 3. The van der Waals surface area contributed by atoms with Gasteiger partial charge < -0.3 is 13.3 Å². The molecule has 59 valence electrons. The van der Waals surface area contributed by atoms with Crippen LogP contribution in [-0.2, 0) is 13.3 Å². The molecule has 10 heavy (non-hydrogen) atoms. The van der Waals surface area contributed by atoms with Crippen molar-refractivity contribution in [2.45, 2.75) is 0 Å². The summed E-state index contributed by atoms with van der Waals surface area (Å²) in [6, 6.07) is 1.72. The highest BCUT2D eigenvalue weighted by atomic mass is 28.4. The Morgan fingerprint density at radius 2 is 1.50 bits per heavy atom. The topological polar surface area (TPSA) is 27.7 Å². The molecule has 0 atom stereocenters. The summed E-state index contributed by atoms with van der Waals surface area (Å²) in [6.07, 6.45) is 1.61. The molecule has 0 aromatic heterocycles. The Morgan fingerprint density at radius 3 is 1.60 bits per heavy atom. The van der Waals surface area contributed by atoms with Crippen LogP contribution >= 0.6 is 0 Å². The van der Waals surface area contributed by atoms with Crippen LogP contribution in [0.3, 0.4) is 0 Å². The van der Waals surface area contributed by atoms with E-state index in [0.29, 0.717) is 0 Å². The Labute approximate surface area is 63.0 Å². The Kier molecular flexibility index (Phi) is 4.55. The van der Waals surface area contributed by atoms with Crippen molar-refractivity contribution in [3.63, 3.8) is 0 Å².